The Morgan fingerprint density at radius 3 is 2.35 bits per heavy atom. The third-order valence-electron chi connectivity index (χ3n) is 2.52. The van der Waals surface area contributed by atoms with Crippen molar-refractivity contribution in [3.8, 4) is 11.6 Å². The van der Waals surface area contributed by atoms with E-state index in [2.05, 4.69) is 52.0 Å². The van der Waals surface area contributed by atoms with Crippen molar-refractivity contribution >= 4 is 15.9 Å². The molecule has 20 heavy (non-hydrogen) atoms. The Labute approximate surface area is 127 Å². The molecule has 0 radical (unpaired) electrons. The van der Waals surface area contributed by atoms with E-state index in [-0.39, 0.29) is 5.54 Å². The van der Waals surface area contributed by atoms with Crippen LogP contribution in [0.3, 0.4) is 0 Å². The van der Waals surface area contributed by atoms with Gasteiger partial charge in [0.25, 0.3) is 0 Å². The summed E-state index contributed by atoms with van der Waals surface area (Å²) in [5.74, 6) is 1.23. The fraction of sp³-hybridized carbons (Fsp3) is 0.333. The number of ether oxygens (including phenoxy) is 1. The summed E-state index contributed by atoms with van der Waals surface area (Å²) in [5.41, 5.74) is 0.956. The fourth-order valence-corrected chi connectivity index (χ4v) is 1.73. The normalized spacial score (nSPS) is 11.4. The van der Waals surface area contributed by atoms with Crippen molar-refractivity contribution < 1.29 is 4.74 Å². The molecule has 5 heteroatoms. The standard InChI is InChI=1S/C15H18BrN3O/c1-15(2,3)19-9-12-8-18-14(10-17-12)20-13-6-4-11(16)5-7-13/h4-8,10,19H,9H2,1-3H3. The van der Waals surface area contributed by atoms with Crippen LogP contribution in [0.25, 0.3) is 0 Å². The van der Waals surface area contributed by atoms with Gasteiger partial charge in [0.1, 0.15) is 5.75 Å². The third-order valence-corrected chi connectivity index (χ3v) is 3.05. The van der Waals surface area contributed by atoms with Gasteiger partial charge in [0, 0.05) is 16.6 Å². The third kappa shape index (κ3) is 4.90. The smallest absolute Gasteiger partial charge is 0.237 e. The average molecular weight is 336 g/mol. The molecule has 0 bridgehead atoms. The largest absolute Gasteiger partial charge is 0.438 e. The highest BCUT2D eigenvalue weighted by atomic mass is 79.9. The number of rotatable bonds is 4. The first-order chi connectivity index (χ1) is 9.42. The van der Waals surface area contributed by atoms with E-state index >= 15 is 0 Å². The Morgan fingerprint density at radius 1 is 1.10 bits per heavy atom. The minimum atomic E-state index is 0.0638. The number of halogens is 1. The predicted molar refractivity (Wildman–Crippen MR) is 82.8 cm³/mol. The van der Waals surface area contributed by atoms with E-state index in [9.17, 15) is 0 Å². The molecular formula is C15H18BrN3O. The highest BCUT2D eigenvalue weighted by molar-refractivity contribution is 9.10. The molecule has 0 aliphatic rings. The van der Waals surface area contributed by atoms with Gasteiger partial charge in [0.2, 0.25) is 5.88 Å². The first-order valence-electron chi connectivity index (χ1n) is 6.42. The highest BCUT2D eigenvalue weighted by Crippen LogP contribution is 2.21. The van der Waals surface area contributed by atoms with Gasteiger partial charge in [-0.05, 0) is 45.0 Å². The second-order valence-electron chi connectivity index (χ2n) is 5.51. The van der Waals surface area contributed by atoms with Crippen molar-refractivity contribution in [3.05, 3.63) is 46.8 Å². The first-order valence-corrected chi connectivity index (χ1v) is 7.21. The quantitative estimate of drug-likeness (QED) is 0.919. The van der Waals surface area contributed by atoms with Crippen LogP contribution in [0.5, 0.6) is 11.6 Å². The van der Waals surface area contributed by atoms with Crippen LogP contribution in [-0.4, -0.2) is 15.5 Å². The van der Waals surface area contributed by atoms with E-state index in [1.165, 1.54) is 0 Å². The zero-order valence-corrected chi connectivity index (χ0v) is 13.4. The lowest BCUT2D eigenvalue weighted by atomic mass is 10.1. The maximum Gasteiger partial charge on any atom is 0.237 e. The summed E-state index contributed by atoms with van der Waals surface area (Å²) in [7, 11) is 0. The van der Waals surface area contributed by atoms with Gasteiger partial charge in [-0.3, -0.25) is 4.98 Å². The number of benzene rings is 1. The van der Waals surface area contributed by atoms with Gasteiger partial charge in [-0.1, -0.05) is 15.9 Å². The van der Waals surface area contributed by atoms with Crippen molar-refractivity contribution in [1.82, 2.24) is 15.3 Å². The number of hydrogen-bond acceptors (Lipinski definition) is 4. The van der Waals surface area contributed by atoms with Crippen molar-refractivity contribution in [2.24, 2.45) is 0 Å². The van der Waals surface area contributed by atoms with Crippen LogP contribution >= 0.6 is 15.9 Å². The second kappa shape index (κ2) is 6.33. The summed E-state index contributed by atoms with van der Waals surface area (Å²) >= 11 is 3.38. The molecular weight excluding hydrogens is 318 g/mol. The van der Waals surface area contributed by atoms with Crippen LogP contribution in [0.4, 0.5) is 0 Å². The molecule has 1 aromatic carbocycles. The van der Waals surface area contributed by atoms with Gasteiger partial charge in [0.05, 0.1) is 18.1 Å². The van der Waals surface area contributed by atoms with Gasteiger partial charge in [0.15, 0.2) is 0 Å². The monoisotopic (exact) mass is 335 g/mol. The molecule has 0 amide bonds. The van der Waals surface area contributed by atoms with E-state index in [0.717, 1.165) is 15.9 Å². The number of nitrogens with zero attached hydrogens (tertiary/aromatic N) is 2. The first kappa shape index (κ1) is 14.9. The minimum absolute atomic E-state index is 0.0638. The number of hydrogen-bond donors (Lipinski definition) is 1. The Bertz CT molecular complexity index is 547. The number of aromatic nitrogens is 2. The SMILES string of the molecule is CC(C)(C)NCc1cnc(Oc2ccc(Br)cc2)cn1. The number of nitrogens with one attached hydrogen (secondary N) is 1. The van der Waals surface area contributed by atoms with Crippen LogP contribution in [0, 0.1) is 0 Å². The lowest BCUT2D eigenvalue weighted by Crippen LogP contribution is -2.35. The summed E-state index contributed by atoms with van der Waals surface area (Å²) in [4.78, 5) is 8.60. The maximum atomic E-state index is 5.62. The van der Waals surface area contributed by atoms with Crippen molar-refractivity contribution in [2.75, 3.05) is 0 Å². The maximum absolute atomic E-state index is 5.62. The van der Waals surface area contributed by atoms with E-state index in [4.69, 9.17) is 4.74 Å². The minimum Gasteiger partial charge on any atom is -0.438 e. The summed E-state index contributed by atoms with van der Waals surface area (Å²) in [6, 6.07) is 7.59. The van der Waals surface area contributed by atoms with Crippen LogP contribution in [-0.2, 0) is 6.54 Å². The molecule has 1 N–H and O–H groups in total. The molecule has 1 aromatic heterocycles. The van der Waals surface area contributed by atoms with Crippen molar-refractivity contribution in [1.29, 1.82) is 0 Å². The molecule has 0 spiro atoms. The van der Waals surface area contributed by atoms with Gasteiger partial charge in [-0.25, -0.2) is 4.98 Å². The van der Waals surface area contributed by atoms with Gasteiger partial charge < -0.3 is 10.1 Å². The predicted octanol–water partition coefficient (Wildman–Crippen LogP) is 3.92. The van der Waals surface area contributed by atoms with Crippen LogP contribution in [0.1, 0.15) is 26.5 Å². The molecule has 0 aliphatic heterocycles. The average Bonchev–Trinajstić information content (AvgIpc) is 2.40. The lowest BCUT2D eigenvalue weighted by molar-refractivity contribution is 0.418. The zero-order chi connectivity index (χ0) is 14.6. The topological polar surface area (TPSA) is 47.0 Å². The molecule has 0 saturated carbocycles. The summed E-state index contributed by atoms with van der Waals surface area (Å²) in [6.45, 7) is 7.04. The van der Waals surface area contributed by atoms with E-state index in [0.29, 0.717) is 12.4 Å². The highest BCUT2D eigenvalue weighted by Gasteiger charge is 2.09. The summed E-state index contributed by atoms with van der Waals surface area (Å²) < 4.78 is 6.63. The van der Waals surface area contributed by atoms with E-state index in [1.54, 1.807) is 12.4 Å². The van der Waals surface area contributed by atoms with Gasteiger partial charge >= 0.3 is 0 Å². The Kier molecular flexibility index (Phi) is 4.73. The van der Waals surface area contributed by atoms with Crippen LogP contribution < -0.4 is 10.1 Å². The molecule has 4 nitrogen and oxygen atoms in total. The fourth-order valence-electron chi connectivity index (χ4n) is 1.47. The van der Waals surface area contributed by atoms with Crippen molar-refractivity contribution in [2.45, 2.75) is 32.9 Å². The summed E-state index contributed by atoms with van der Waals surface area (Å²) in [5, 5.41) is 3.37. The molecule has 106 valence electrons. The molecule has 0 atom stereocenters. The zero-order valence-electron chi connectivity index (χ0n) is 11.9. The van der Waals surface area contributed by atoms with Gasteiger partial charge in [-0.2, -0.15) is 0 Å². The molecule has 0 saturated heterocycles. The second-order valence-corrected chi connectivity index (χ2v) is 6.42. The van der Waals surface area contributed by atoms with Crippen LogP contribution in [0.15, 0.2) is 41.1 Å². The Hall–Kier alpha value is -1.46. The molecule has 1 heterocycles. The Balaban J connectivity index is 1.96. The molecule has 2 rings (SSSR count). The lowest BCUT2D eigenvalue weighted by Gasteiger charge is -2.19. The van der Waals surface area contributed by atoms with Gasteiger partial charge in [-0.15, -0.1) is 0 Å². The Morgan fingerprint density at radius 2 is 1.80 bits per heavy atom. The summed E-state index contributed by atoms with van der Waals surface area (Å²) in [6.07, 6.45) is 3.37. The molecule has 0 unspecified atom stereocenters. The van der Waals surface area contributed by atoms with Crippen LogP contribution in [0.2, 0.25) is 0 Å². The van der Waals surface area contributed by atoms with E-state index < -0.39 is 0 Å². The molecule has 0 aliphatic carbocycles. The van der Waals surface area contributed by atoms with Crippen molar-refractivity contribution in [3.63, 3.8) is 0 Å². The van der Waals surface area contributed by atoms with E-state index in [1.807, 2.05) is 24.3 Å². The molecule has 0 fully saturated rings. The molecule has 2 aromatic rings.